The van der Waals surface area contributed by atoms with Crippen LogP contribution in [0.2, 0.25) is 0 Å². The number of fused-ring (bicyclic) bond motifs is 5. The molecule has 0 spiro atoms. The van der Waals surface area contributed by atoms with Crippen LogP contribution in [-0.2, 0) is 8.37 Å². The molecule has 0 amide bonds. The van der Waals surface area contributed by atoms with Crippen LogP contribution in [-0.4, -0.2) is 27.3 Å². The van der Waals surface area contributed by atoms with Crippen molar-refractivity contribution >= 4 is 81.9 Å². The van der Waals surface area contributed by atoms with Crippen molar-refractivity contribution in [2.45, 2.75) is 14.1 Å². The Bertz CT molecular complexity index is 407. The molecule has 0 radical (unpaired) electrons. The molecule has 102 valence electrons. The third-order valence-electron chi connectivity index (χ3n) is 3.84. The zero-order chi connectivity index (χ0) is 13.3. The summed E-state index contributed by atoms with van der Waals surface area (Å²) in [5, 5.41) is 0.394. The smallest absolute Gasteiger partial charge is 0.167 e. The predicted octanol–water partition coefficient (Wildman–Crippen LogP) is 4.67. The molecule has 4 atom stereocenters. The second kappa shape index (κ2) is 4.37. The van der Waals surface area contributed by atoms with Crippen LogP contribution < -0.4 is 0 Å². The standard InChI is InChI=1S/C9H6Cl6O2S/c10-5-6(11)8(13)4-2-17-18-16-1-3(4)7(5,12)9(8,14)15/h3-4H,1-2H2. The Morgan fingerprint density at radius 1 is 0.889 bits per heavy atom. The van der Waals surface area contributed by atoms with Gasteiger partial charge in [0.1, 0.15) is 9.75 Å². The molecule has 2 nitrogen and oxygen atoms in total. The van der Waals surface area contributed by atoms with Gasteiger partial charge in [0, 0.05) is 11.8 Å². The van der Waals surface area contributed by atoms with E-state index in [-0.39, 0.29) is 35.1 Å². The average molecular weight is 391 g/mol. The average Bonchev–Trinajstić information content (AvgIpc) is 2.60. The molecule has 3 rings (SSSR count). The van der Waals surface area contributed by atoms with Gasteiger partial charge in [-0.2, -0.15) is 0 Å². The fourth-order valence-corrected chi connectivity index (χ4v) is 6.43. The number of hydrogen-bond acceptors (Lipinski definition) is 3. The summed E-state index contributed by atoms with van der Waals surface area (Å²) >= 11 is 39.3. The van der Waals surface area contributed by atoms with Crippen molar-refractivity contribution < 1.29 is 8.37 Å². The van der Waals surface area contributed by atoms with E-state index < -0.39 is 14.1 Å². The van der Waals surface area contributed by atoms with E-state index in [1.165, 1.54) is 0 Å². The van der Waals surface area contributed by atoms with Crippen LogP contribution in [0.1, 0.15) is 0 Å². The number of alkyl halides is 4. The van der Waals surface area contributed by atoms with Crippen molar-refractivity contribution in [3.8, 4) is 0 Å². The fourth-order valence-electron chi connectivity index (χ4n) is 2.90. The van der Waals surface area contributed by atoms with E-state index >= 15 is 0 Å². The van der Waals surface area contributed by atoms with Crippen LogP contribution in [0.25, 0.3) is 0 Å². The largest absolute Gasteiger partial charge is 0.291 e. The molecule has 9 heteroatoms. The lowest BCUT2D eigenvalue weighted by Gasteiger charge is -2.33. The number of allylic oxidation sites excluding steroid dienone is 2. The Balaban J connectivity index is 2.21. The second-order valence-electron chi connectivity index (χ2n) is 4.48. The zero-order valence-corrected chi connectivity index (χ0v) is 13.9. The van der Waals surface area contributed by atoms with Gasteiger partial charge in [0.2, 0.25) is 0 Å². The minimum absolute atomic E-state index is 0.197. The lowest BCUT2D eigenvalue weighted by molar-refractivity contribution is 0.207. The second-order valence-corrected chi connectivity index (χ2v) is 8.36. The molecule has 4 unspecified atom stereocenters. The maximum atomic E-state index is 6.60. The summed E-state index contributed by atoms with van der Waals surface area (Å²) in [5.41, 5.74) is 0. The number of rotatable bonds is 0. The van der Waals surface area contributed by atoms with Gasteiger partial charge in [-0.25, -0.2) is 0 Å². The molecule has 0 aromatic rings. The molecule has 0 aromatic heterocycles. The van der Waals surface area contributed by atoms with Crippen LogP contribution in [0.15, 0.2) is 10.1 Å². The normalized spacial score (nSPS) is 50.3. The monoisotopic (exact) mass is 388 g/mol. The SMILES string of the molecule is ClC1=C(Cl)C2(Cl)C3COSOCC3C1(Cl)C2(Cl)Cl. The van der Waals surface area contributed by atoms with Gasteiger partial charge in [-0.3, -0.25) is 8.37 Å². The lowest BCUT2D eigenvalue weighted by atomic mass is 9.83. The summed E-state index contributed by atoms with van der Waals surface area (Å²) in [6.45, 7) is 0.573. The highest BCUT2D eigenvalue weighted by Crippen LogP contribution is 2.76. The van der Waals surface area contributed by atoms with Crippen LogP contribution in [0.5, 0.6) is 0 Å². The quantitative estimate of drug-likeness (QED) is 0.442. The van der Waals surface area contributed by atoms with Gasteiger partial charge in [-0.1, -0.05) is 46.4 Å². The van der Waals surface area contributed by atoms with Crippen molar-refractivity contribution in [2.75, 3.05) is 13.2 Å². The van der Waals surface area contributed by atoms with Gasteiger partial charge >= 0.3 is 0 Å². The Hall–Kier alpha value is 1.75. The van der Waals surface area contributed by atoms with Crippen LogP contribution in [0.4, 0.5) is 0 Å². The molecule has 3 aliphatic rings. The molecule has 2 aliphatic carbocycles. The molecule has 2 fully saturated rings. The lowest BCUT2D eigenvalue weighted by Crippen LogP contribution is -2.45. The Morgan fingerprint density at radius 2 is 1.28 bits per heavy atom. The first-order chi connectivity index (χ1) is 8.29. The first-order valence-corrected chi connectivity index (χ1v) is 7.96. The molecule has 1 saturated heterocycles. The van der Waals surface area contributed by atoms with Gasteiger partial charge in [0.05, 0.1) is 23.3 Å². The molecule has 1 saturated carbocycles. The van der Waals surface area contributed by atoms with E-state index in [4.69, 9.17) is 78.0 Å². The summed E-state index contributed by atoms with van der Waals surface area (Å²) in [6, 6.07) is 0. The summed E-state index contributed by atoms with van der Waals surface area (Å²) < 4.78 is 9.00. The molecular formula is C9H6Cl6O2S. The molecule has 1 heterocycles. The molecular weight excluding hydrogens is 385 g/mol. The molecule has 1 aliphatic heterocycles. The van der Waals surface area contributed by atoms with E-state index in [0.29, 0.717) is 0 Å². The minimum Gasteiger partial charge on any atom is -0.291 e. The molecule has 18 heavy (non-hydrogen) atoms. The highest BCUT2D eigenvalue weighted by Gasteiger charge is 2.82. The van der Waals surface area contributed by atoms with Crippen molar-refractivity contribution in [3.63, 3.8) is 0 Å². The Morgan fingerprint density at radius 3 is 1.67 bits per heavy atom. The van der Waals surface area contributed by atoms with Crippen molar-refractivity contribution in [2.24, 2.45) is 11.8 Å². The maximum absolute atomic E-state index is 6.60. The first-order valence-electron chi connectivity index (χ1n) is 5.02. The fraction of sp³-hybridized carbons (Fsp3) is 0.778. The van der Waals surface area contributed by atoms with Crippen molar-refractivity contribution in [1.29, 1.82) is 0 Å². The summed E-state index contributed by atoms with van der Waals surface area (Å²) in [6.07, 6.45) is 0. The van der Waals surface area contributed by atoms with E-state index in [0.717, 1.165) is 12.3 Å². The minimum atomic E-state index is -1.51. The zero-order valence-electron chi connectivity index (χ0n) is 8.56. The topological polar surface area (TPSA) is 18.5 Å². The number of hydrogen-bond donors (Lipinski definition) is 0. The van der Waals surface area contributed by atoms with E-state index in [1.807, 2.05) is 0 Å². The predicted molar refractivity (Wildman–Crippen MR) is 76.8 cm³/mol. The van der Waals surface area contributed by atoms with Crippen LogP contribution in [0, 0.1) is 11.8 Å². The summed E-state index contributed by atoms with van der Waals surface area (Å²) in [7, 11) is 0. The summed E-state index contributed by atoms with van der Waals surface area (Å²) in [4.78, 5) is -2.51. The highest BCUT2D eigenvalue weighted by atomic mass is 35.5. The molecule has 0 N–H and O–H groups in total. The first kappa shape index (κ1) is 14.7. The van der Waals surface area contributed by atoms with E-state index in [1.54, 1.807) is 0 Å². The van der Waals surface area contributed by atoms with Crippen molar-refractivity contribution in [1.82, 2.24) is 0 Å². The molecule has 0 aromatic carbocycles. The summed E-state index contributed by atoms with van der Waals surface area (Å²) in [5.74, 6) is -0.534. The van der Waals surface area contributed by atoms with Gasteiger partial charge < -0.3 is 0 Å². The third-order valence-corrected chi connectivity index (χ3v) is 8.66. The Kier molecular flexibility index (Phi) is 3.57. The third kappa shape index (κ3) is 1.39. The van der Waals surface area contributed by atoms with Gasteiger partial charge in [0.25, 0.3) is 0 Å². The van der Waals surface area contributed by atoms with Crippen LogP contribution >= 0.6 is 81.9 Å². The van der Waals surface area contributed by atoms with E-state index in [2.05, 4.69) is 0 Å². The van der Waals surface area contributed by atoms with Gasteiger partial charge in [0.15, 0.2) is 16.7 Å². The maximum Gasteiger partial charge on any atom is 0.167 e. The van der Waals surface area contributed by atoms with Gasteiger partial charge in [-0.05, 0) is 0 Å². The van der Waals surface area contributed by atoms with Gasteiger partial charge in [-0.15, -0.1) is 23.2 Å². The Labute approximate surface area is 139 Å². The molecule has 2 bridgehead atoms. The highest BCUT2D eigenvalue weighted by molar-refractivity contribution is 7.89. The van der Waals surface area contributed by atoms with Crippen molar-refractivity contribution in [3.05, 3.63) is 10.1 Å². The van der Waals surface area contributed by atoms with E-state index in [9.17, 15) is 0 Å². The van der Waals surface area contributed by atoms with Crippen LogP contribution in [0.3, 0.4) is 0 Å². The number of halogens is 6.